The van der Waals surface area contributed by atoms with Gasteiger partial charge >= 0.3 is 0 Å². The number of nitrogens with zero attached hydrogens (tertiary/aromatic N) is 1. The molecular formula is C16H25NO. The highest BCUT2D eigenvalue weighted by Gasteiger charge is 2.31. The number of hydrogen-bond acceptors (Lipinski definition) is 2. The van der Waals surface area contributed by atoms with Crippen LogP contribution in [0.4, 0.5) is 0 Å². The van der Waals surface area contributed by atoms with Crippen molar-refractivity contribution in [3.05, 3.63) is 35.9 Å². The molecule has 0 saturated heterocycles. The van der Waals surface area contributed by atoms with Gasteiger partial charge in [-0.05, 0) is 38.2 Å². The van der Waals surface area contributed by atoms with Crippen LogP contribution in [-0.4, -0.2) is 30.7 Å². The first-order chi connectivity index (χ1) is 8.81. The molecular weight excluding hydrogens is 222 g/mol. The summed E-state index contributed by atoms with van der Waals surface area (Å²) in [6.07, 6.45) is 2.81. The highest BCUT2D eigenvalue weighted by molar-refractivity contribution is 5.14. The standard InChI is InChI=1S/C16H25NO/c1-3-18-12-11-17(14(2)16-9-10-16)13-15-7-5-4-6-8-15/h4-8,14,16H,3,9-13H2,1-2H3. The fraction of sp³-hybridized carbons (Fsp3) is 0.625. The van der Waals surface area contributed by atoms with Gasteiger partial charge in [-0.3, -0.25) is 4.90 Å². The van der Waals surface area contributed by atoms with Crippen LogP contribution in [-0.2, 0) is 11.3 Å². The van der Waals surface area contributed by atoms with Crippen LogP contribution in [0.25, 0.3) is 0 Å². The topological polar surface area (TPSA) is 12.5 Å². The molecule has 1 saturated carbocycles. The average molecular weight is 247 g/mol. The third kappa shape index (κ3) is 4.11. The molecule has 1 aromatic carbocycles. The molecule has 1 atom stereocenters. The molecule has 0 heterocycles. The first kappa shape index (κ1) is 13.6. The smallest absolute Gasteiger partial charge is 0.0593 e. The first-order valence-electron chi connectivity index (χ1n) is 7.17. The van der Waals surface area contributed by atoms with E-state index >= 15 is 0 Å². The van der Waals surface area contributed by atoms with E-state index in [1.807, 2.05) is 0 Å². The van der Waals surface area contributed by atoms with Gasteiger partial charge in [-0.1, -0.05) is 30.3 Å². The zero-order chi connectivity index (χ0) is 12.8. The fourth-order valence-corrected chi connectivity index (χ4v) is 2.45. The van der Waals surface area contributed by atoms with Gasteiger partial charge < -0.3 is 4.74 Å². The Morgan fingerprint density at radius 1 is 1.28 bits per heavy atom. The van der Waals surface area contributed by atoms with Crippen LogP contribution in [0.15, 0.2) is 30.3 Å². The van der Waals surface area contributed by atoms with Gasteiger partial charge in [0.25, 0.3) is 0 Å². The Bertz CT molecular complexity index is 334. The molecule has 0 aliphatic heterocycles. The van der Waals surface area contributed by atoms with E-state index in [2.05, 4.69) is 49.1 Å². The van der Waals surface area contributed by atoms with Crippen LogP contribution >= 0.6 is 0 Å². The lowest BCUT2D eigenvalue weighted by atomic mass is 10.1. The van der Waals surface area contributed by atoms with Gasteiger partial charge in [0, 0.05) is 25.7 Å². The molecule has 0 spiro atoms. The lowest BCUT2D eigenvalue weighted by Gasteiger charge is -2.29. The molecule has 1 aromatic rings. The maximum absolute atomic E-state index is 5.51. The zero-order valence-electron chi connectivity index (χ0n) is 11.6. The van der Waals surface area contributed by atoms with Gasteiger partial charge in [-0.25, -0.2) is 0 Å². The molecule has 1 unspecified atom stereocenters. The summed E-state index contributed by atoms with van der Waals surface area (Å²) in [5.74, 6) is 0.912. The van der Waals surface area contributed by atoms with E-state index in [-0.39, 0.29) is 0 Å². The summed E-state index contributed by atoms with van der Waals surface area (Å²) < 4.78 is 5.51. The minimum absolute atomic E-state index is 0.686. The highest BCUT2D eigenvalue weighted by atomic mass is 16.5. The molecule has 100 valence electrons. The minimum Gasteiger partial charge on any atom is -0.380 e. The number of benzene rings is 1. The molecule has 1 aliphatic rings. The average Bonchev–Trinajstić information content (AvgIpc) is 3.22. The first-order valence-corrected chi connectivity index (χ1v) is 7.17. The van der Waals surface area contributed by atoms with Crippen molar-refractivity contribution < 1.29 is 4.74 Å². The van der Waals surface area contributed by atoms with E-state index in [4.69, 9.17) is 4.74 Å². The molecule has 0 bridgehead atoms. The van der Waals surface area contributed by atoms with Crippen molar-refractivity contribution in [3.63, 3.8) is 0 Å². The van der Waals surface area contributed by atoms with E-state index < -0.39 is 0 Å². The molecule has 0 N–H and O–H groups in total. The van der Waals surface area contributed by atoms with E-state index in [9.17, 15) is 0 Å². The number of hydrogen-bond donors (Lipinski definition) is 0. The van der Waals surface area contributed by atoms with Crippen LogP contribution < -0.4 is 0 Å². The van der Waals surface area contributed by atoms with Crippen molar-refractivity contribution in [1.29, 1.82) is 0 Å². The number of ether oxygens (including phenoxy) is 1. The Morgan fingerprint density at radius 3 is 2.61 bits per heavy atom. The molecule has 18 heavy (non-hydrogen) atoms. The lowest BCUT2D eigenvalue weighted by molar-refractivity contribution is 0.0882. The van der Waals surface area contributed by atoms with Gasteiger partial charge in [-0.2, -0.15) is 0 Å². The third-order valence-corrected chi connectivity index (χ3v) is 3.84. The molecule has 2 rings (SSSR count). The van der Waals surface area contributed by atoms with Crippen molar-refractivity contribution in [3.8, 4) is 0 Å². The highest BCUT2D eigenvalue weighted by Crippen LogP contribution is 2.35. The Labute approximate surface area is 111 Å². The maximum atomic E-state index is 5.51. The van der Waals surface area contributed by atoms with Gasteiger partial charge in [0.2, 0.25) is 0 Å². The molecule has 1 fully saturated rings. The predicted molar refractivity (Wildman–Crippen MR) is 75.5 cm³/mol. The lowest BCUT2D eigenvalue weighted by Crippen LogP contribution is -2.36. The van der Waals surface area contributed by atoms with Gasteiger partial charge in [0.05, 0.1) is 6.61 Å². The summed E-state index contributed by atoms with van der Waals surface area (Å²) in [6.45, 7) is 8.18. The second kappa shape index (κ2) is 6.91. The van der Waals surface area contributed by atoms with Gasteiger partial charge in [0.1, 0.15) is 0 Å². The number of rotatable bonds is 8. The van der Waals surface area contributed by atoms with Crippen molar-refractivity contribution in [2.75, 3.05) is 19.8 Å². The molecule has 0 amide bonds. The van der Waals surface area contributed by atoms with E-state index in [1.54, 1.807) is 0 Å². The molecule has 2 nitrogen and oxygen atoms in total. The van der Waals surface area contributed by atoms with Crippen LogP contribution in [0.5, 0.6) is 0 Å². The van der Waals surface area contributed by atoms with Gasteiger partial charge in [-0.15, -0.1) is 0 Å². The van der Waals surface area contributed by atoms with Crippen molar-refractivity contribution in [2.24, 2.45) is 5.92 Å². The monoisotopic (exact) mass is 247 g/mol. The second-order valence-electron chi connectivity index (χ2n) is 5.23. The minimum atomic E-state index is 0.686. The Hall–Kier alpha value is -0.860. The summed E-state index contributed by atoms with van der Waals surface area (Å²) in [5, 5.41) is 0. The third-order valence-electron chi connectivity index (χ3n) is 3.84. The quantitative estimate of drug-likeness (QED) is 0.653. The van der Waals surface area contributed by atoms with Crippen molar-refractivity contribution in [1.82, 2.24) is 4.90 Å². The van der Waals surface area contributed by atoms with Crippen molar-refractivity contribution in [2.45, 2.75) is 39.3 Å². The Balaban J connectivity index is 1.90. The maximum Gasteiger partial charge on any atom is 0.0593 e. The molecule has 1 aliphatic carbocycles. The summed E-state index contributed by atoms with van der Waals surface area (Å²) in [6, 6.07) is 11.4. The normalized spacial score (nSPS) is 17.1. The van der Waals surface area contributed by atoms with E-state index in [0.717, 1.165) is 32.2 Å². The Morgan fingerprint density at radius 2 is 2.00 bits per heavy atom. The summed E-state index contributed by atoms with van der Waals surface area (Å²) >= 11 is 0. The Kier molecular flexibility index (Phi) is 5.21. The van der Waals surface area contributed by atoms with Crippen LogP contribution in [0.2, 0.25) is 0 Å². The van der Waals surface area contributed by atoms with Gasteiger partial charge in [0.15, 0.2) is 0 Å². The van der Waals surface area contributed by atoms with Crippen molar-refractivity contribution >= 4 is 0 Å². The predicted octanol–water partition coefficient (Wildman–Crippen LogP) is 3.32. The SMILES string of the molecule is CCOCCN(Cc1ccccc1)C(C)C1CC1. The summed E-state index contributed by atoms with van der Waals surface area (Å²) in [4.78, 5) is 2.57. The van der Waals surface area contributed by atoms with Crippen LogP contribution in [0.1, 0.15) is 32.3 Å². The van der Waals surface area contributed by atoms with E-state index in [1.165, 1.54) is 18.4 Å². The molecule has 0 radical (unpaired) electrons. The fourth-order valence-electron chi connectivity index (χ4n) is 2.45. The molecule has 2 heteroatoms. The zero-order valence-corrected chi connectivity index (χ0v) is 11.6. The summed E-state index contributed by atoms with van der Waals surface area (Å²) in [5.41, 5.74) is 1.40. The largest absolute Gasteiger partial charge is 0.380 e. The summed E-state index contributed by atoms with van der Waals surface area (Å²) in [7, 11) is 0. The van der Waals surface area contributed by atoms with E-state index in [0.29, 0.717) is 6.04 Å². The molecule has 0 aromatic heterocycles. The van der Waals surface area contributed by atoms with Crippen LogP contribution in [0, 0.1) is 5.92 Å². The van der Waals surface area contributed by atoms with Crippen LogP contribution in [0.3, 0.4) is 0 Å². The second-order valence-corrected chi connectivity index (χ2v) is 5.23.